The summed E-state index contributed by atoms with van der Waals surface area (Å²) in [4.78, 5) is 11.6. The van der Waals surface area contributed by atoms with Gasteiger partial charge in [0, 0.05) is 13.2 Å². The van der Waals surface area contributed by atoms with E-state index in [2.05, 4.69) is 34.4 Å². The predicted molar refractivity (Wildman–Crippen MR) is 115 cm³/mol. The molecule has 1 saturated heterocycles. The Bertz CT molecular complexity index is 774. The molecule has 4 rings (SSSR count). The third-order valence-corrected chi connectivity index (χ3v) is 6.25. The van der Waals surface area contributed by atoms with E-state index < -0.39 is 0 Å². The summed E-state index contributed by atoms with van der Waals surface area (Å²) in [5, 5.41) is 3.48. The zero-order valence-corrected chi connectivity index (χ0v) is 17.5. The zero-order valence-electron chi connectivity index (χ0n) is 17.5. The number of nitrogens with one attached hydrogen (secondary N) is 1. The molecule has 1 atom stereocenters. The molecule has 0 spiro atoms. The molecule has 0 amide bonds. The van der Waals surface area contributed by atoms with E-state index in [1.54, 1.807) is 7.11 Å². The quantitative estimate of drug-likeness (QED) is 0.764. The number of rotatable bonds is 7. The van der Waals surface area contributed by atoms with E-state index >= 15 is 0 Å². The maximum absolute atomic E-state index is 6.28. The standard InChI is InChI=1S/C23H32N4O2/c1-27(18-6-5-13-25-16-18)22(17-11-14-24-15-12-17)20-9-10-21(28-2)23(26-20)29-19-7-3-4-8-19/h5-6,9-10,13,16-17,19,22,24H,3-4,7-8,11-12,14-15H2,1-2H3. The Morgan fingerprint density at radius 2 is 1.90 bits per heavy atom. The van der Waals surface area contributed by atoms with Gasteiger partial charge >= 0.3 is 0 Å². The van der Waals surface area contributed by atoms with Crippen molar-refractivity contribution in [3.63, 3.8) is 0 Å². The normalized spacial score (nSPS) is 19.1. The van der Waals surface area contributed by atoms with E-state index in [9.17, 15) is 0 Å². The molecule has 0 bridgehead atoms. The molecule has 2 aromatic rings. The fraction of sp³-hybridized carbons (Fsp3) is 0.565. The van der Waals surface area contributed by atoms with E-state index in [4.69, 9.17) is 14.5 Å². The van der Waals surface area contributed by atoms with Crippen LogP contribution in [-0.2, 0) is 0 Å². The summed E-state index contributed by atoms with van der Waals surface area (Å²) in [5.74, 6) is 1.87. The first-order valence-corrected chi connectivity index (χ1v) is 10.8. The van der Waals surface area contributed by atoms with Crippen LogP contribution in [0.4, 0.5) is 5.69 Å². The maximum atomic E-state index is 6.28. The van der Waals surface area contributed by atoms with Crippen molar-refractivity contribution in [2.75, 3.05) is 32.1 Å². The minimum absolute atomic E-state index is 0.165. The van der Waals surface area contributed by atoms with Crippen molar-refractivity contribution in [1.29, 1.82) is 0 Å². The number of anilines is 1. The van der Waals surface area contributed by atoms with Crippen LogP contribution < -0.4 is 19.7 Å². The van der Waals surface area contributed by atoms with Crippen LogP contribution >= 0.6 is 0 Å². The van der Waals surface area contributed by atoms with Crippen LogP contribution in [0.25, 0.3) is 0 Å². The minimum Gasteiger partial charge on any atom is -0.491 e. The van der Waals surface area contributed by atoms with E-state index in [0.717, 1.165) is 50.2 Å². The maximum Gasteiger partial charge on any atom is 0.257 e. The average Bonchev–Trinajstić information content (AvgIpc) is 3.28. The van der Waals surface area contributed by atoms with Crippen molar-refractivity contribution < 1.29 is 9.47 Å². The van der Waals surface area contributed by atoms with Crippen molar-refractivity contribution in [2.45, 2.75) is 50.7 Å². The molecule has 2 aromatic heterocycles. The van der Waals surface area contributed by atoms with Gasteiger partial charge in [0.25, 0.3) is 5.88 Å². The molecule has 1 aliphatic carbocycles. The number of ether oxygens (including phenoxy) is 2. The summed E-state index contributed by atoms with van der Waals surface area (Å²) in [5.41, 5.74) is 2.14. The van der Waals surface area contributed by atoms with Crippen LogP contribution in [-0.4, -0.2) is 43.3 Å². The first-order chi connectivity index (χ1) is 14.3. The molecule has 6 nitrogen and oxygen atoms in total. The molecule has 2 aliphatic rings. The van der Waals surface area contributed by atoms with Crippen molar-refractivity contribution in [1.82, 2.24) is 15.3 Å². The summed E-state index contributed by atoms with van der Waals surface area (Å²) in [6.07, 6.45) is 10.9. The van der Waals surface area contributed by atoms with Gasteiger partial charge in [-0.25, -0.2) is 4.98 Å². The van der Waals surface area contributed by atoms with Gasteiger partial charge in [0.15, 0.2) is 5.75 Å². The molecule has 3 heterocycles. The van der Waals surface area contributed by atoms with E-state index in [1.807, 2.05) is 24.5 Å². The third kappa shape index (κ3) is 4.64. The zero-order chi connectivity index (χ0) is 20.1. The Balaban J connectivity index is 1.67. The van der Waals surface area contributed by atoms with Gasteiger partial charge in [0.1, 0.15) is 6.10 Å². The van der Waals surface area contributed by atoms with Gasteiger partial charge < -0.3 is 19.7 Å². The van der Waals surface area contributed by atoms with Gasteiger partial charge in [0.05, 0.1) is 30.7 Å². The Morgan fingerprint density at radius 3 is 2.59 bits per heavy atom. The van der Waals surface area contributed by atoms with Crippen LogP contribution in [0.15, 0.2) is 36.7 Å². The van der Waals surface area contributed by atoms with Gasteiger partial charge in [-0.15, -0.1) is 0 Å². The van der Waals surface area contributed by atoms with Crippen LogP contribution in [0, 0.1) is 5.92 Å². The van der Waals surface area contributed by atoms with Crippen LogP contribution in [0.1, 0.15) is 50.3 Å². The molecule has 1 aliphatic heterocycles. The molecule has 1 unspecified atom stereocenters. The summed E-state index contributed by atoms with van der Waals surface area (Å²) in [7, 11) is 3.83. The third-order valence-electron chi connectivity index (χ3n) is 6.25. The highest BCUT2D eigenvalue weighted by atomic mass is 16.5. The van der Waals surface area contributed by atoms with Gasteiger partial charge in [-0.3, -0.25) is 4.98 Å². The highest BCUT2D eigenvalue weighted by molar-refractivity contribution is 5.46. The second-order valence-electron chi connectivity index (χ2n) is 8.12. The van der Waals surface area contributed by atoms with Gasteiger partial charge in [0.2, 0.25) is 0 Å². The monoisotopic (exact) mass is 396 g/mol. The summed E-state index contributed by atoms with van der Waals surface area (Å²) in [6, 6.07) is 8.37. The predicted octanol–water partition coefficient (Wildman–Crippen LogP) is 3.98. The molecular formula is C23H32N4O2. The lowest BCUT2D eigenvalue weighted by Crippen LogP contribution is -2.38. The Labute approximate surface area is 173 Å². The van der Waals surface area contributed by atoms with E-state index in [1.165, 1.54) is 12.8 Å². The van der Waals surface area contributed by atoms with Gasteiger partial charge in [-0.2, -0.15) is 0 Å². The number of nitrogens with zero attached hydrogens (tertiary/aromatic N) is 3. The molecule has 29 heavy (non-hydrogen) atoms. The summed E-state index contributed by atoms with van der Waals surface area (Å²) in [6.45, 7) is 2.09. The average molecular weight is 397 g/mol. The van der Waals surface area contributed by atoms with E-state index in [-0.39, 0.29) is 12.1 Å². The van der Waals surface area contributed by atoms with Crippen LogP contribution in [0.2, 0.25) is 0 Å². The van der Waals surface area contributed by atoms with E-state index in [0.29, 0.717) is 17.5 Å². The molecule has 0 radical (unpaired) electrons. The molecule has 0 aromatic carbocycles. The van der Waals surface area contributed by atoms with Crippen molar-refractivity contribution in [3.8, 4) is 11.6 Å². The first-order valence-electron chi connectivity index (χ1n) is 10.8. The topological polar surface area (TPSA) is 59.5 Å². The fourth-order valence-electron chi connectivity index (χ4n) is 4.65. The molecule has 156 valence electrons. The van der Waals surface area contributed by atoms with Crippen molar-refractivity contribution >= 4 is 5.69 Å². The highest BCUT2D eigenvalue weighted by Crippen LogP contribution is 2.38. The lowest BCUT2D eigenvalue weighted by atomic mass is 9.87. The Kier molecular flexibility index (Phi) is 6.49. The number of hydrogen-bond donors (Lipinski definition) is 1. The van der Waals surface area contributed by atoms with Gasteiger partial charge in [-0.1, -0.05) is 0 Å². The lowest BCUT2D eigenvalue weighted by Gasteiger charge is -2.38. The second-order valence-corrected chi connectivity index (χ2v) is 8.12. The van der Waals surface area contributed by atoms with Crippen LogP contribution in [0.3, 0.4) is 0 Å². The summed E-state index contributed by atoms with van der Waals surface area (Å²) < 4.78 is 11.8. The largest absolute Gasteiger partial charge is 0.491 e. The highest BCUT2D eigenvalue weighted by Gasteiger charge is 2.31. The molecule has 1 saturated carbocycles. The molecule has 6 heteroatoms. The van der Waals surface area contributed by atoms with Crippen molar-refractivity contribution in [3.05, 3.63) is 42.4 Å². The van der Waals surface area contributed by atoms with Crippen LogP contribution in [0.5, 0.6) is 11.6 Å². The van der Waals surface area contributed by atoms with Gasteiger partial charge in [-0.05, 0) is 81.8 Å². The number of pyridine rings is 2. The SMILES string of the molecule is COc1ccc(C(C2CCNCC2)N(C)c2cccnc2)nc1OC1CCCC1. The Morgan fingerprint density at radius 1 is 1.10 bits per heavy atom. The molecule has 2 fully saturated rings. The Hall–Kier alpha value is -2.34. The minimum atomic E-state index is 0.165. The van der Waals surface area contributed by atoms with Crippen molar-refractivity contribution in [2.24, 2.45) is 5.92 Å². The lowest BCUT2D eigenvalue weighted by molar-refractivity contribution is 0.190. The molecule has 1 N–H and O–H groups in total. The number of hydrogen-bond acceptors (Lipinski definition) is 6. The smallest absolute Gasteiger partial charge is 0.257 e. The second kappa shape index (κ2) is 9.44. The number of methoxy groups -OCH3 is 1. The molecular weight excluding hydrogens is 364 g/mol. The number of aromatic nitrogens is 2. The fourth-order valence-corrected chi connectivity index (χ4v) is 4.65. The first kappa shape index (κ1) is 20.0. The summed E-state index contributed by atoms with van der Waals surface area (Å²) >= 11 is 0. The number of piperidine rings is 1.